The molecule has 1 aliphatic heterocycles. The van der Waals surface area contributed by atoms with Crippen molar-refractivity contribution in [1.29, 1.82) is 0 Å². The Labute approximate surface area is 289 Å². The number of amides is 4. The first-order valence-electron chi connectivity index (χ1n) is 17.4. The Bertz CT molecular complexity index is 1360. The van der Waals surface area contributed by atoms with Gasteiger partial charge in [0, 0.05) is 38.9 Å². The number of aromatic amines is 1. The van der Waals surface area contributed by atoms with Gasteiger partial charge in [-0.05, 0) is 45.1 Å². The number of ether oxygens (including phenoxy) is 2. The van der Waals surface area contributed by atoms with Crippen molar-refractivity contribution in [2.24, 2.45) is 11.8 Å². The number of aromatic nitrogens is 2. The highest BCUT2D eigenvalue weighted by atomic mass is 16.6. The fourth-order valence-corrected chi connectivity index (χ4v) is 6.89. The topological polar surface area (TPSA) is 175 Å². The number of nitrogens with one attached hydrogen (secondary N) is 4. The maximum absolute atomic E-state index is 14.2. The first-order chi connectivity index (χ1) is 23.3. The number of likely N-dealkylation sites (tertiary alicyclic amines) is 1. The number of benzene rings is 1. The largest absolute Gasteiger partial charge is 0.444 e. The van der Waals surface area contributed by atoms with Crippen molar-refractivity contribution >= 4 is 23.8 Å². The van der Waals surface area contributed by atoms with Crippen molar-refractivity contribution in [3.8, 4) is 0 Å². The van der Waals surface area contributed by atoms with E-state index in [9.17, 15) is 24.3 Å². The summed E-state index contributed by atoms with van der Waals surface area (Å²) in [6, 6.07) is 6.21. The number of aliphatic hydroxyl groups excluding tert-OH is 1. The average Bonchev–Trinajstić information content (AvgIpc) is 3.67. The molecule has 0 bridgehead atoms. The summed E-state index contributed by atoms with van der Waals surface area (Å²) in [6.07, 6.45) is 7.60. The standard InChI is InChI=1S/C36H54N6O7/c1-36(2,3)49-35(47)41-29(17-24-14-10-7-11-15-24)32(44)40-30(18-25-20-37-22-38-25)33(45)39-28(16-23-12-8-6-9-13-23)31(43)27-19-26(21-48-5)42(4)34(27)46/h7,10-11,14-15,20,22-23,26-31,43H,6,8-9,12-13,16-19,21H2,1-5H3,(H,37,38)(H,39,45)(H,40,44)(H,41,47)/t26-,27-,28-,29-,30-,31-/m0/s1. The molecule has 13 nitrogen and oxygen atoms in total. The van der Waals surface area contributed by atoms with Gasteiger partial charge in [0.05, 0.1) is 37.0 Å². The van der Waals surface area contributed by atoms with Crippen molar-refractivity contribution in [1.82, 2.24) is 30.8 Å². The fourth-order valence-electron chi connectivity index (χ4n) is 6.89. The van der Waals surface area contributed by atoms with Crippen molar-refractivity contribution in [3.63, 3.8) is 0 Å². The molecule has 1 aliphatic carbocycles. The SMILES string of the molecule is COC[C@@H]1C[C@@H]([C@H](O)[C@H](CC2CCCCC2)NC(=O)[C@H](Cc2cnc[nH]2)NC(=O)[C@H](Cc2ccccc2)NC(=O)OC(C)(C)C)C(=O)N1C. The van der Waals surface area contributed by atoms with E-state index in [4.69, 9.17) is 9.47 Å². The molecule has 2 heterocycles. The van der Waals surface area contributed by atoms with Gasteiger partial charge in [-0.2, -0.15) is 0 Å². The summed E-state index contributed by atoms with van der Waals surface area (Å²) in [5.74, 6) is -1.68. The molecule has 49 heavy (non-hydrogen) atoms. The van der Waals surface area contributed by atoms with Crippen LogP contribution in [0.4, 0.5) is 4.79 Å². The number of H-pyrrole nitrogens is 1. The number of rotatable bonds is 15. The minimum absolute atomic E-state index is 0.0787. The van der Waals surface area contributed by atoms with Crippen molar-refractivity contribution in [3.05, 3.63) is 54.1 Å². The molecule has 13 heteroatoms. The molecular weight excluding hydrogens is 628 g/mol. The monoisotopic (exact) mass is 682 g/mol. The zero-order chi connectivity index (χ0) is 35.6. The van der Waals surface area contributed by atoms with Crippen LogP contribution in [0.15, 0.2) is 42.9 Å². The maximum atomic E-state index is 14.2. The summed E-state index contributed by atoms with van der Waals surface area (Å²) >= 11 is 0. The van der Waals surface area contributed by atoms with E-state index in [2.05, 4.69) is 25.9 Å². The van der Waals surface area contributed by atoms with Gasteiger partial charge in [0.2, 0.25) is 17.7 Å². The van der Waals surface area contributed by atoms with Crippen LogP contribution in [-0.4, -0.2) is 100 Å². The Morgan fingerprint density at radius 3 is 2.33 bits per heavy atom. The highest BCUT2D eigenvalue weighted by molar-refractivity contribution is 5.92. The molecule has 0 radical (unpaired) electrons. The number of nitrogens with zero attached hydrogens (tertiary/aromatic N) is 2. The lowest BCUT2D eigenvalue weighted by Gasteiger charge is -2.33. The predicted molar refractivity (Wildman–Crippen MR) is 183 cm³/mol. The number of hydrogen-bond acceptors (Lipinski definition) is 8. The van der Waals surface area contributed by atoms with Gasteiger partial charge in [0.15, 0.2) is 0 Å². The predicted octanol–water partition coefficient (Wildman–Crippen LogP) is 2.88. The molecule has 4 amide bonds. The van der Waals surface area contributed by atoms with E-state index in [1.807, 2.05) is 30.3 Å². The molecule has 1 saturated carbocycles. The molecule has 1 saturated heterocycles. The molecule has 2 fully saturated rings. The third-order valence-corrected chi connectivity index (χ3v) is 9.46. The van der Waals surface area contributed by atoms with Gasteiger partial charge in [-0.15, -0.1) is 0 Å². The number of imidazole rings is 1. The van der Waals surface area contributed by atoms with Gasteiger partial charge in [-0.3, -0.25) is 14.4 Å². The van der Waals surface area contributed by atoms with E-state index < -0.39 is 53.7 Å². The van der Waals surface area contributed by atoms with Gasteiger partial charge >= 0.3 is 6.09 Å². The lowest BCUT2D eigenvalue weighted by atomic mass is 9.81. The number of hydrogen-bond donors (Lipinski definition) is 5. The minimum Gasteiger partial charge on any atom is -0.444 e. The summed E-state index contributed by atoms with van der Waals surface area (Å²) < 4.78 is 10.8. The van der Waals surface area contributed by atoms with Crippen LogP contribution in [0.2, 0.25) is 0 Å². The molecule has 6 atom stereocenters. The second kappa shape index (κ2) is 17.6. The van der Waals surface area contributed by atoms with Gasteiger partial charge in [-0.1, -0.05) is 62.4 Å². The Hall–Kier alpha value is -3.97. The molecule has 5 N–H and O–H groups in total. The Morgan fingerprint density at radius 2 is 1.69 bits per heavy atom. The fraction of sp³-hybridized carbons (Fsp3) is 0.639. The van der Waals surface area contributed by atoms with E-state index in [0.29, 0.717) is 25.1 Å². The number of aliphatic hydroxyl groups is 1. The number of methoxy groups -OCH3 is 1. The van der Waals surface area contributed by atoms with E-state index in [1.165, 1.54) is 6.33 Å². The second-order valence-corrected chi connectivity index (χ2v) is 14.5. The normalized spacial score (nSPS) is 21.0. The molecule has 0 spiro atoms. The van der Waals surface area contributed by atoms with Gasteiger partial charge in [-0.25, -0.2) is 9.78 Å². The molecule has 2 aliphatic rings. The quantitative estimate of drug-likeness (QED) is 0.191. The molecule has 1 aromatic heterocycles. The first kappa shape index (κ1) is 37.8. The van der Waals surface area contributed by atoms with Crippen LogP contribution in [0.25, 0.3) is 0 Å². The molecule has 4 rings (SSSR count). The Balaban J connectivity index is 1.57. The third kappa shape index (κ3) is 11.3. The summed E-state index contributed by atoms with van der Waals surface area (Å²) in [4.78, 5) is 62.9. The Kier molecular flexibility index (Phi) is 13.6. The van der Waals surface area contributed by atoms with Gasteiger partial charge in [0.1, 0.15) is 17.7 Å². The highest BCUT2D eigenvalue weighted by Crippen LogP contribution is 2.32. The first-order valence-corrected chi connectivity index (χ1v) is 17.4. The van der Waals surface area contributed by atoms with Crippen LogP contribution in [-0.2, 0) is 36.7 Å². The molecule has 270 valence electrons. The van der Waals surface area contributed by atoms with Crippen LogP contribution in [0, 0.1) is 11.8 Å². The highest BCUT2D eigenvalue weighted by Gasteiger charge is 2.45. The van der Waals surface area contributed by atoms with Crippen LogP contribution >= 0.6 is 0 Å². The van der Waals surface area contributed by atoms with Crippen molar-refractivity contribution < 1.29 is 33.8 Å². The third-order valence-electron chi connectivity index (χ3n) is 9.46. The van der Waals surface area contributed by atoms with Crippen LogP contribution in [0.1, 0.15) is 77.0 Å². The average molecular weight is 683 g/mol. The number of likely N-dealkylation sites (N-methyl/N-ethyl adjacent to an activating group) is 1. The minimum atomic E-state index is -1.13. The van der Waals surface area contributed by atoms with E-state index >= 15 is 0 Å². The van der Waals surface area contributed by atoms with Gasteiger partial charge < -0.3 is 40.4 Å². The maximum Gasteiger partial charge on any atom is 0.408 e. The summed E-state index contributed by atoms with van der Waals surface area (Å²) in [5.41, 5.74) is 0.634. The van der Waals surface area contributed by atoms with Crippen molar-refractivity contribution in [2.45, 2.75) is 114 Å². The smallest absolute Gasteiger partial charge is 0.408 e. The molecule has 1 aromatic carbocycles. The van der Waals surface area contributed by atoms with Gasteiger partial charge in [0.25, 0.3) is 0 Å². The number of carbonyl (C=O) groups excluding carboxylic acids is 4. The molecule has 0 unspecified atom stereocenters. The van der Waals surface area contributed by atoms with E-state index in [0.717, 1.165) is 37.7 Å². The number of alkyl carbamates (subject to hydrolysis) is 1. The zero-order valence-corrected chi connectivity index (χ0v) is 29.4. The molecule has 2 aromatic rings. The van der Waals surface area contributed by atoms with Crippen LogP contribution < -0.4 is 16.0 Å². The lowest BCUT2D eigenvalue weighted by Crippen LogP contribution is -2.58. The summed E-state index contributed by atoms with van der Waals surface area (Å²) in [6.45, 7) is 5.55. The van der Waals surface area contributed by atoms with E-state index in [-0.39, 0.29) is 30.7 Å². The lowest BCUT2D eigenvalue weighted by molar-refractivity contribution is -0.136. The van der Waals surface area contributed by atoms with Crippen LogP contribution in [0.5, 0.6) is 0 Å². The second-order valence-electron chi connectivity index (χ2n) is 14.5. The number of carbonyl (C=O) groups is 4. The van der Waals surface area contributed by atoms with Crippen molar-refractivity contribution in [2.75, 3.05) is 20.8 Å². The van der Waals surface area contributed by atoms with E-state index in [1.54, 1.807) is 46.0 Å². The Morgan fingerprint density at radius 1 is 1.02 bits per heavy atom. The summed E-state index contributed by atoms with van der Waals surface area (Å²) in [5, 5.41) is 20.3. The summed E-state index contributed by atoms with van der Waals surface area (Å²) in [7, 11) is 3.29. The molecular formula is C36H54N6O7. The zero-order valence-electron chi connectivity index (χ0n) is 29.4. The van der Waals surface area contributed by atoms with Crippen LogP contribution in [0.3, 0.4) is 0 Å².